The second-order valence-electron chi connectivity index (χ2n) is 6.49. The molecule has 2 aromatic heterocycles. The van der Waals surface area contributed by atoms with Crippen molar-refractivity contribution >= 4 is 50.6 Å². The molecule has 0 saturated carbocycles. The van der Waals surface area contributed by atoms with E-state index < -0.39 is 0 Å². The van der Waals surface area contributed by atoms with Crippen molar-refractivity contribution in [1.82, 2.24) is 15.2 Å². The molecule has 1 amide bonds. The van der Waals surface area contributed by atoms with Crippen molar-refractivity contribution < 1.29 is 14.3 Å². The summed E-state index contributed by atoms with van der Waals surface area (Å²) in [5.74, 6) is 0.916. The van der Waals surface area contributed by atoms with Crippen molar-refractivity contribution in [1.29, 1.82) is 0 Å². The molecule has 0 spiro atoms. The number of hydrogen-bond acceptors (Lipinski definition) is 10. The predicted molar refractivity (Wildman–Crippen MR) is 121 cm³/mol. The van der Waals surface area contributed by atoms with Gasteiger partial charge in [0.15, 0.2) is 9.47 Å². The van der Waals surface area contributed by atoms with E-state index >= 15 is 0 Å². The van der Waals surface area contributed by atoms with Crippen LogP contribution < -0.4 is 15.4 Å². The minimum absolute atomic E-state index is 0.125. The lowest BCUT2D eigenvalue weighted by molar-refractivity contribution is -0.113. The van der Waals surface area contributed by atoms with Crippen LogP contribution in [0.25, 0.3) is 11.3 Å². The summed E-state index contributed by atoms with van der Waals surface area (Å²) in [6, 6.07) is 7.65. The Morgan fingerprint density at radius 3 is 2.93 bits per heavy atom. The van der Waals surface area contributed by atoms with Gasteiger partial charge in [0.2, 0.25) is 11.0 Å². The third-order valence-electron chi connectivity index (χ3n) is 4.37. The number of nitrogens with one attached hydrogen (secondary N) is 2. The lowest BCUT2D eigenvalue weighted by atomic mass is 10.2. The minimum Gasteiger partial charge on any atom is -0.497 e. The number of hydrogen-bond donors (Lipinski definition) is 2. The Morgan fingerprint density at radius 2 is 2.17 bits per heavy atom. The Hall–Kier alpha value is -2.21. The lowest BCUT2D eigenvalue weighted by Crippen LogP contribution is -2.18. The maximum absolute atomic E-state index is 12.3. The van der Waals surface area contributed by atoms with Gasteiger partial charge in [-0.2, -0.15) is 0 Å². The van der Waals surface area contributed by atoms with Gasteiger partial charge in [-0.3, -0.25) is 4.79 Å². The summed E-state index contributed by atoms with van der Waals surface area (Å²) in [5, 5.41) is 17.6. The second kappa shape index (κ2) is 10.2. The van der Waals surface area contributed by atoms with E-state index in [1.807, 2.05) is 29.6 Å². The maximum atomic E-state index is 12.3. The van der Waals surface area contributed by atoms with E-state index in [1.54, 1.807) is 7.11 Å². The molecule has 0 unspecified atom stereocenters. The third-order valence-corrected chi connectivity index (χ3v) is 7.15. The van der Waals surface area contributed by atoms with Crippen LogP contribution in [-0.2, 0) is 9.53 Å². The topological polar surface area (TPSA) is 98.3 Å². The molecule has 1 aliphatic rings. The third kappa shape index (κ3) is 5.69. The summed E-state index contributed by atoms with van der Waals surface area (Å²) < 4.78 is 11.5. The van der Waals surface area contributed by atoms with Crippen LogP contribution in [0.3, 0.4) is 0 Å². The van der Waals surface area contributed by atoms with Crippen LogP contribution in [0, 0.1) is 0 Å². The summed E-state index contributed by atoms with van der Waals surface area (Å²) in [6.07, 6.45) is 2.43. The summed E-state index contributed by atoms with van der Waals surface area (Å²) in [4.78, 5) is 16.8. The number of carbonyl (C=O) groups is 1. The number of rotatable bonds is 9. The zero-order valence-corrected chi connectivity index (χ0v) is 18.7. The van der Waals surface area contributed by atoms with Gasteiger partial charge in [0.05, 0.1) is 24.7 Å². The van der Waals surface area contributed by atoms with E-state index in [0.29, 0.717) is 5.13 Å². The molecular formula is C19H21N5O3S3. The minimum atomic E-state index is -0.125. The number of ether oxygens (including phenoxy) is 2. The molecule has 1 aliphatic heterocycles. The van der Waals surface area contributed by atoms with Crippen molar-refractivity contribution in [3.8, 4) is 17.0 Å². The van der Waals surface area contributed by atoms with E-state index in [-0.39, 0.29) is 17.8 Å². The van der Waals surface area contributed by atoms with Crippen LogP contribution in [0.5, 0.6) is 5.75 Å². The Morgan fingerprint density at radius 1 is 1.30 bits per heavy atom. The Kier molecular flexibility index (Phi) is 7.16. The molecule has 0 radical (unpaired) electrons. The van der Waals surface area contributed by atoms with Gasteiger partial charge in [0.1, 0.15) is 5.75 Å². The number of amides is 1. The van der Waals surface area contributed by atoms with E-state index in [0.717, 1.165) is 52.5 Å². The molecule has 4 rings (SSSR count). The van der Waals surface area contributed by atoms with Gasteiger partial charge >= 0.3 is 0 Å². The van der Waals surface area contributed by atoms with E-state index in [9.17, 15) is 4.79 Å². The highest BCUT2D eigenvalue weighted by molar-refractivity contribution is 8.01. The van der Waals surface area contributed by atoms with Crippen LogP contribution in [0.15, 0.2) is 34.0 Å². The van der Waals surface area contributed by atoms with Gasteiger partial charge in [-0.05, 0) is 37.1 Å². The van der Waals surface area contributed by atoms with Crippen molar-refractivity contribution in [2.24, 2.45) is 0 Å². The van der Waals surface area contributed by atoms with Gasteiger partial charge in [0, 0.05) is 24.1 Å². The molecule has 0 bridgehead atoms. The van der Waals surface area contributed by atoms with Crippen LogP contribution in [-0.4, -0.2) is 53.2 Å². The Balaban J connectivity index is 1.23. The first-order valence-corrected chi connectivity index (χ1v) is 12.1. The van der Waals surface area contributed by atoms with Crippen molar-refractivity contribution in [3.63, 3.8) is 0 Å². The molecule has 3 aromatic rings. The van der Waals surface area contributed by atoms with Gasteiger partial charge in [-0.25, -0.2) is 4.98 Å². The molecule has 11 heteroatoms. The molecule has 0 aliphatic carbocycles. The number of methoxy groups -OCH3 is 1. The molecular weight excluding hydrogens is 442 g/mol. The van der Waals surface area contributed by atoms with Crippen LogP contribution in [0.4, 0.5) is 10.3 Å². The normalized spacial score (nSPS) is 15.8. The zero-order valence-electron chi connectivity index (χ0n) is 16.3. The molecule has 1 atom stereocenters. The van der Waals surface area contributed by atoms with Gasteiger partial charge < -0.3 is 20.1 Å². The number of anilines is 2. The van der Waals surface area contributed by atoms with Gasteiger partial charge in [0.25, 0.3) is 0 Å². The lowest BCUT2D eigenvalue weighted by Gasteiger charge is -2.08. The molecule has 1 fully saturated rings. The fourth-order valence-corrected chi connectivity index (χ4v) is 5.15. The summed E-state index contributed by atoms with van der Waals surface area (Å²) in [6.45, 7) is 1.57. The molecule has 2 N–H and O–H groups in total. The first kappa shape index (κ1) is 21.0. The number of carbonyl (C=O) groups excluding carboxylic acids is 1. The number of thioether (sulfide) groups is 1. The second-order valence-corrected chi connectivity index (χ2v) is 9.55. The quantitative estimate of drug-likeness (QED) is 0.460. The predicted octanol–water partition coefficient (Wildman–Crippen LogP) is 3.99. The highest BCUT2D eigenvalue weighted by Crippen LogP contribution is 2.28. The Bertz CT molecular complexity index is 970. The molecule has 158 valence electrons. The average Bonchev–Trinajstić information content (AvgIpc) is 3.53. The fraction of sp³-hybridized carbons (Fsp3) is 0.368. The number of benzene rings is 1. The maximum Gasteiger partial charge on any atom is 0.236 e. The Labute approximate surface area is 186 Å². The van der Waals surface area contributed by atoms with E-state index in [4.69, 9.17) is 9.47 Å². The first-order chi connectivity index (χ1) is 14.7. The summed E-state index contributed by atoms with van der Waals surface area (Å²) in [5.41, 5.74) is 1.79. The molecule has 1 saturated heterocycles. The summed E-state index contributed by atoms with van der Waals surface area (Å²) >= 11 is 4.19. The fourth-order valence-electron chi connectivity index (χ4n) is 2.85. The van der Waals surface area contributed by atoms with E-state index in [2.05, 4.69) is 25.8 Å². The number of thiazole rings is 1. The smallest absolute Gasteiger partial charge is 0.236 e. The van der Waals surface area contributed by atoms with Crippen LogP contribution in [0.2, 0.25) is 0 Å². The summed E-state index contributed by atoms with van der Waals surface area (Å²) in [7, 11) is 1.63. The van der Waals surface area contributed by atoms with Crippen LogP contribution in [0.1, 0.15) is 12.8 Å². The van der Waals surface area contributed by atoms with Gasteiger partial charge in [-0.15, -0.1) is 21.5 Å². The van der Waals surface area contributed by atoms with Crippen molar-refractivity contribution in [3.05, 3.63) is 29.6 Å². The highest BCUT2D eigenvalue weighted by atomic mass is 32.2. The average molecular weight is 464 g/mol. The van der Waals surface area contributed by atoms with Crippen molar-refractivity contribution in [2.45, 2.75) is 23.3 Å². The SMILES string of the molecule is COc1ccc(-c2csc(NC(=O)CSc3nnc(NC[C@@H]4CCCO4)s3)n2)cc1. The molecule has 3 heterocycles. The van der Waals surface area contributed by atoms with E-state index in [1.165, 1.54) is 34.4 Å². The largest absolute Gasteiger partial charge is 0.497 e. The standard InChI is InChI=1S/C19H21N5O3S3/c1-26-13-6-4-12(5-7-13)15-10-28-18(21-15)22-16(25)11-29-19-24-23-17(30-19)20-9-14-3-2-8-27-14/h4-7,10,14H,2-3,8-9,11H2,1H3,(H,20,23)(H,21,22,25)/t14-/m0/s1. The monoisotopic (exact) mass is 463 g/mol. The van der Waals surface area contributed by atoms with Gasteiger partial charge in [-0.1, -0.05) is 23.1 Å². The molecule has 30 heavy (non-hydrogen) atoms. The van der Waals surface area contributed by atoms with Crippen LogP contribution >= 0.6 is 34.4 Å². The molecule has 8 nitrogen and oxygen atoms in total. The number of aromatic nitrogens is 3. The van der Waals surface area contributed by atoms with Crippen molar-refractivity contribution in [2.75, 3.05) is 36.6 Å². The zero-order chi connectivity index (χ0) is 20.8. The molecule has 1 aromatic carbocycles. The number of nitrogens with zero attached hydrogens (tertiary/aromatic N) is 3. The first-order valence-electron chi connectivity index (χ1n) is 9.41. The highest BCUT2D eigenvalue weighted by Gasteiger charge is 2.16.